The van der Waals surface area contributed by atoms with Gasteiger partial charge in [-0.3, -0.25) is 9.59 Å². The first-order valence-corrected chi connectivity index (χ1v) is 6.52. The summed E-state index contributed by atoms with van der Waals surface area (Å²) >= 11 is 0. The number of rotatable bonds is 5. The van der Waals surface area contributed by atoms with Gasteiger partial charge in [-0.1, -0.05) is 0 Å². The highest BCUT2D eigenvalue weighted by molar-refractivity contribution is 5.91. The van der Waals surface area contributed by atoms with E-state index >= 15 is 0 Å². The normalized spacial score (nSPS) is 20.5. The highest BCUT2D eigenvalue weighted by Crippen LogP contribution is 2.09. The quantitative estimate of drug-likeness (QED) is 0.597. The molecule has 8 nitrogen and oxygen atoms in total. The summed E-state index contributed by atoms with van der Waals surface area (Å²) < 4.78 is 0. The number of amides is 3. The van der Waals surface area contributed by atoms with Crippen LogP contribution in [0.1, 0.15) is 13.3 Å². The van der Waals surface area contributed by atoms with E-state index < -0.39 is 23.9 Å². The van der Waals surface area contributed by atoms with Crippen molar-refractivity contribution in [1.82, 2.24) is 20.4 Å². The molecule has 1 saturated heterocycles. The van der Waals surface area contributed by atoms with Gasteiger partial charge in [-0.15, -0.1) is 0 Å². The molecule has 0 radical (unpaired) electrons. The van der Waals surface area contributed by atoms with Gasteiger partial charge in [-0.25, -0.2) is 4.79 Å². The van der Waals surface area contributed by atoms with Crippen LogP contribution in [0.15, 0.2) is 0 Å². The third kappa shape index (κ3) is 4.69. The van der Waals surface area contributed by atoms with Gasteiger partial charge < -0.3 is 25.5 Å². The van der Waals surface area contributed by atoms with Crippen LogP contribution in [0.4, 0.5) is 4.79 Å². The fraction of sp³-hybridized carbons (Fsp3) is 0.750. The van der Waals surface area contributed by atoms with Crippen LogP contribution >= 0.6 is 0 Å². The molecular weight excluding hydrogens is 264 g/mol. The molecule has 0 aromatic heterocycles. The minimum absolute atomic E-state index is 0.0898. The van der Waals surface area contributed by atoms with E-state index in [1.807, 2.05) is 25.9 Å². The van der Waals surface area contributed by atoms with Crippen molar-refractivity contribution in [3.05, 3.63) is 0 Å². The number of urea groups is 1. The van der Waals surface area contributed by atoms with Crippen molar-refractivity contribution in [1.29, 1.82) is 0 Å². The molecule has 0 saturated carbocycles. The number of nitrogens with zero attached hydrogens (tertiary/aromatic N) is 2. The molecule has 0 bridgehead atoms. The first-order chi connectivity index (χ1) is 9.31. The minimum atomic E-state index is -1.11. The van der Waals surface area contributed by atoms with Crippen LogP contribution in [-0.4, -0.2) is 78.6 Å². The summed E-state index contributed by atoms with van der Waals surface area (Å²) in [7, 11) is 3.79. The number of carbonyl (C=O) groups is 3. The lowest BCUT2D eigenvalue weighted by Gasteiger charge is -2.35. The van der Waals surface area contributed by atoms with E-state index in [-0.39, 0.29) is 12.5 Å². The Balaban J connectivity index is 2.67. The van der Waals surface area contributed by atoms with Gasteiger partial charge in [-0.2, -0.15) is 0 Å². The topological polar surface area (TPSA) is 102 Å². The molecule has 3 amide bonds. The molecule has 2 atom stereocenters. The molecule has 114 valence electrons. The summed E-state index contributed by atoms with van der Waals surface area (Å²) in [5.74, 6) is -1.53. The number of hydrogen-bond acceptors (Lipinski definition) is 4. The van der Waals surface area contributed by atoms with E-state index in [2.05, 4.69) is 10.6 Å². The molecule has 8 heteroatoms. The smallest absolute Gasteiger partial charge is 0.318 e. The van der Waals surface area contributed by atoms with Crippen molar-refractivity contribution in [3.63, 3.8) is 0 Å². The van der Waals surface area contributed by atoms with Crippen LogP contribution in [-0.2, 0) is 9.59 Å². The molecule has 20 heavy (non-hydrogen) atoms. The summed E-state index contributed by atoms with van der Waals surface area (Å²) in [6.07, 6.45) is -0.388. The van der Waals surface area contributed by atoms with Crippen molar-refractivity contribution >= 4 is 17.9 Å². The second-order valence-electron chi connectivity index (χ2n) is 5.21. The van der Waals surface area contributed by atoms with Crippen LogP contribution in [0.5, 0.6) is 0 Å². The summed E-state index contributed by atoms with van der Waals surface area (Å²) in [4.78, 5) is 37.9. The molecule has 1 rings (SSSR count). The van der Waals surface area contributed by atoms with Gasteiger partial charge in [0.2, 0.25) is 5.91 Å². The van der Waals surface area contributed by atoms with Gasteiger partial charge in [0.05, 0.1) is 6.42 Å². The van der Waals surface area contributed by atoms with E-state index in [4.69, 9.17) is 5.11 Å². The van der Waals surface area contributed by atoms with Gasteiger partial charge in [0.1, 0.15) is 6.04 Å². The summed E-state index contributed by atoms with van der Waals surface area (Å²) in [6, 6.07) is -1.44. The molecule has 3 N–H and O–H groups in total. The summed E-state index contributed by atoms with van der Waals surface area (Å²) in [6.45, 7) is 3.16. The van der Waals surface area contributed by atoms with Crippen molar-refractivity contribution in [2.45, 2.75) is 25.4 Å². The summed E-state index contributed by atoms with van der Waals surface area (Å²) in [5, 5.41) is 14.2. The zero-order valence-corrected chi connectivity index (χ0v) is 12.0. The zero-order chi connectivity index (χ0) is 15.3. The van der Waals surface area contributed by atoms with Crippen LogP contribution in [0.25, 0.3) is 0 Å². The van der Waals surface area contributed by atoms with Crippen molar-refractivity contribution in [2.24, 2.45) is 0 Å². The lowest BCUT2D eigenvalue weighted by atomic mass is 10.1. The second-order valence-corrected chi connectivity index (χ2v) is 5.21. The molecule has 0 aromatic rings. The Morgan fingerprint density at radius 1 is 1.55 bits per heavy atom. The number of carbonyl (C=O) groups excluding carboxylic acids is 2. The predicted octanol–water partition coefficient (Wildman–Crippen LogP) is -1.08. The number of carboxylic acids is 1. The average molecular weight is 286 g/mol. The van der Waals surface area contributed by atoms with Gasteiger partial charge in [0.25, 0.3) is 0 Å². The number of aliphatic carboxylic acids is 1. The second kappa shape index (κ2) is 7.09. The number of piperazine rings is 1. The number of carboxylic acid groups (broad SMARTS) is 1. The Morgan fingerprint density at radius 2 is 2.20 bits per heavy atom. The fourth-order valence-electron chi connectivity index (χ4n) is 2.21. The third-order valence-electron chi connectivity index (χ3n) is 2.97. The van der Waals surface area contributed by atoms with Gasteiger partial charge in [0, 0.05) is 25.7 Å². The molecule has 1 heterocycles. The Hall–Kier alpha value is -1.83. The van der Waals surface area contributed by atoms with Crippen LogP contribution < -0.4 is 10.6 Å². The molecule has 2 unspecified atom stereocenters. The van der Waals surface area contributed by atoms with Crippen molar-refractivity contribution in [3.8, 4) is 0 Å². The van der Waals surface area contributed by atoms with Crippen LogP contribution in [0.3, 0.4) is 0 Å². The van der Waals surface area contributed by atoms with Gasteiger partial charge in [0.15, 0.2) is 0 Å². The molecule has 1 aliphatic heterocycles. The minimum Gasteiger partial charge on any atom is -0.481 e. The molecule has 1 fully saturated rings. The maximum Gasteiger partial charge on any atom is 0.318 e. The van der Waals surface area contributed by atoms with Crippen LogP contribution in [0.2, 0.25) is 0 Å². The highest BCUT2D eigenvalue weighted by Gasteiger charge is 2.35. The standard InChI is InChI=1S/C12H22N4O4/c1-8(7-15(2)3)14-12(20)16-5-4-13-11(19)9(16)6-10(17)18/h8-9H,4-7H2,1-3H3,(H,13,19)(H,14,20)(H,17,18). The number of likely N-dealkylation sites (N-methyl/N-ethyl adjacent to an activating group) is 1. The Morgan fingerprint density at radius 3 is 2.75 bits per heavy atom. The first kappa shape index (κ1) is 16.2. The number of hydrogen-bond donors (Lipinski definition) is 3. The van der Waals surface area contributed by atoms with E-state index in [1.165, 1.54) is 4.90 Å². The van der Waals surface area contributed by atoms with Crippen molar-refractivity contribution < 1.29 is 19.5 Å². The fourth-order valence-corrected chi connectivity index (χ4v) is 2.21. The monoisotopic (exact) mass is 286 g/mol. The number of nitrogens with one attached hydrogen (secondary N) is 2. The molecule has 0 aromatic carbocycles. The van der Waals surface area contributed by atoms with Gasteiger partial charge in [-0.05, 0) is 21.0 Å². The van der Waals surface area contributed by atoms with E-state index in [0.717, 1.165) is 0 Å². The molecule has 0 aliphatic carbocycles. The largest absolute Gasteiger partial charge is 0.481 e. The van der Waals surface area contributed by atoms with E-state index in [9.17, 15) is 14.4 Å². The third-order valence-corrected chi connectivity index (χ3v) is 2.97. The molecular formula is C12H22N4O4. The van der Waals surface area contributed by atoms with Crippen LogP contribution in [0, 0.1) is 0 Å². The Labute approximate surface area is 118 Å². The summed E-state index contributed by atoms with van der Waals surface area (Å²) in [5.41, 5.74) is 0. The van der Waals surface area contributed by atoms with E-state index in [0.29, 0.717) is 19.6 Å². The Bertz CT molecular complexity index is 386. The SMILES string of the molecule is CC(CN(C)C)NC(=O)N1CCNC(=O)C1CC(=O)O. The maximum atomic E-state index is 12.2. The molecule has 0 spiro atoms. The highest BCUT2D eigenvalue weighted by atomic mass is 16.4. The Kier molecular flexibility index (Phi) is 5.75. The maximum absolute atomic E-state index is 12.2. The van der Waals surface area contributed by atoms with Crippen molar-refractivity contribution in [2.75, 3.05) is 33.7 Å². The van der Waals surface area contributed by atoms with E-state index in [1.54, 1.807) is 0 Å². The molecule has 1 aliphatic rings. The zero-order valence-electron chi connectivity index (χ0n) is 12.0. The average Bonchev–Trinajstić information content (AvgIpc) is 2.29. The first-order valence-electron chi connectivity index (χ1n) is 6.52. The lowest BCUT2D eigenvalue weighted by molar-refractivity contribution is -0.142. The van der Waals surface area contributed by atoms with Gasteiger partial charge >= 0.3 is 12.0 Å². The lowest BCUT2D eigenvalue weighted by Crippen LogP contribution is -2.61. The predicted molar refractivity (Wildman–Crippen MR) is 72.3 cm³/mol.